The lowest BCUT2D eigenvalue weighted by atomic mass is 10.0. The first-order valence-corrected chi connectivity index (χ1v) is 6.82. The number of ether oxygens (including phenoxy) is 2. The number of carbonyl (C=O) groups is 2. The first kappa shape index (κ1) is 19.0. The highest BCUT2D eigenvalue weighted by atomic mass is 19.4. The summed E-state index contributed by atoms with van der Waals surface area (Å²) in [6.45, 7) is -0.222. The van der Waals surface area contributed by atoms with Gasteiger partial charge in [-0.05, 0) is 25.1 Å². The minimum Gasteiger partial charge on any atom is -0.496 e. The van der Waals surface area contributed by atoms with Crippen LogP contribution in [0.2, 0.25) is 0 Å². The summed E-state index contributed by atoms with van der Waals surface area (Å²) in [4.78, 5) is 23.2. The first-order chi connectivity index (χ1) is 10.7. The molecule has 1 rings (SSSR count). The zero-order valence-corrected chi connectivity index (χ0v) is 12.8. The monoisotopic (exact) mass is 333 g/mol. The molecule has 0 radical (unpaired) electrons. The molecule has 0 heterocycles. The number of carbonyl (C=O) groups excluding carboxylic acids is 2. The summed E-state index contributed by atoms with van der Waals surface area (Å²) >= 11 is 0. The van der Waals surface area contributed by atoms with Gasteiger partial charge in [0.15, 0.2) is 5.78 Å². The molecule has 1 N–H and O–H groups in total. The van der Waals surface area contributed by atoms with Crippen molar-refractivity contribution in [1.82, 2.24) is 5.32 Å². The fourth-order valence-corrected chi connectivity index (χ4v) is 1.82. The molecule has 0 aromatic heterocycles. The number of hydrogen-bond donors (Lipinski definition) is 1. The Morgan fingerprint density at radius 2 is 1.96 bits per heavy atom. The highest BCUT2D eigenvalue weighted by Crippen LogP contribution is 2.20. The highest BCUT2D eigenvalue weighted by Gasteiger charge is 2.27. The lowest BCUT2D eigenvalue weighted by Crippen LogP contribution is -2.30. The molecule has 23 heavy (non-hydrogen) atoms. The summed E-state index contributed by atoms with van der Waals surface area (Å²) < 4.78 is 45.1. The van der Waals surface area contributed by atoms with Crippen molar-refractivity contribution < 1.29 is 32.2 Å². The van der Waals surface area contributed by atoms with Gasteiger partial charge < -0.3 is 14.8 Å². The van der Waals surface area contributed by atoms with Gasteiger partial charge in [0, 0.05) is 17.7 Å². The van der Waals surface area contributed by atoms with Crippen LogP contribution in [0.15, 0.2) is 18.2 Å². The smallest absolute Gasteiger partial charge is 0.411 e. The third kappa shape index (κ3) is 7.14. The molecule has 128 valence electrons. The molecule has 0 atom stereocenters. The van der Waals surface area contributed by atoms with Crippen LogP contribution in [0.25, 0.3) is 0 Å². The maximum atomic E-state index is 11.9. The van der Waals surface area contributed by atoms with Crippen LogP contribution in [0.5, 0.6) is 5.75 Å². The van der Waals surface area contributed by atoms with Crippen LogP contribution in [-0.2, 0) is 16.0 Å². The van der Waals surface area contributed by atoms with Crippen LogP contribution in [0.4, 0.5) is 13.2 Å². The Labute approximate surface area is 131 Å². The summed E-state index contributed by atoms with van der Waals surface area (Å²) in [6.07, 6.45) is -4.44. The highest BCUT2D eigenvalue weighted by molar-refractivity contribution is 5.94. The van der Waals surface area contributed by atoms with Crippen LogP contribution in [0, 0.1) is 0 Å². The van der Waals surface area contributed by atoms with E-state index in [1.807, 2.05) is 0 Å². The Kier molecular flexibility index (Phi) is 7.02. The molecule has 0 saturated carbocycles. The van der Waals surface area contributed by atoms with Crippen LogP contribution >= 0.6 is 0 Å². The Morgan fingerprint density at radius 1 is 1.26 bits per heavy atom. The molecular formula is C15H18F3NO4. The van der Waals surface area contributed by atoms with E-state index in [1.165, 1.54) is 14.0 Å². The van der Waals surface area contributed by atoms with Crippen molar-refractivity contribution in [2.24, 2.45) is 0 Å². The van der Waals surface area contributed by atoms with Crippen molar-refractivity contribution in [3.8, 4) is 5.75 Å². The van der Waals surface area contributed by atoms with Crippen LogP contribution in [0.3, 0.4) is 0 Å². The van der Waals surface area contributed by atoms with E-state index in [1.54, 1.807) is 18.2 Å². The number of hydrogen-bond acceptors (Lipinski definition) is 4. The van der Waals surface area contributed by atoms with E-state index < -0.39 is 18.7 Å². The summed E-state index contributed by atoms with van der Waals surface area (Å²) in [5.41, 5.74) is 0.969. The van der Waals surface area contributed by atoms with Crippen LogP contribution in [0.1, 0.15) is 22.8 Å². The largest absolute Gasteiger partial charge is 0.496 e. The Hall–Kier alpha value is -2.09. The number of halogens is 3. The van der Waals surface area contributed by atoms with Gasteiger partial charge in [0.25, 0.3) is 0 Å². The number of methoxy groups -OCH3 is 1. The average Bonchev–Trinajstić information content (AvgIpc) is 2.45. The Bertz CT molecular complexity index is 558. The summed E-state index contributed by atoms with van der Waals surface area (Å²) in [5, 5.41) is 2.45. The van der Waals surface area contributed by atoms with Gasteiger partial charge in [-0.25, -0.2) is 0 Å². The minimum absolute atomic E-state index is 0.0381. The second-order valence-electron chi connectivity index (χ2n) is 4.78. The van der Waals surface area contributed by atoms with E-state index in [0.29, 0.717) is 16.9 Å². The predicted octanol–water partition coefficient (Wildman–Crippen LogP) is 2.14. The molecule has 0 aliphatic heterocycles. The van der Waals surface area contributed by atoms with Crippen molar-refractivity contribution in [1.29, 1.82) is 0 Å². The zero-order chi connectivity index (χ0) is 17.5. The van der Waals surface area contributed by atoms with E-state index in [0.717, 1.165) is 0 Å². The fraction of sp³-hybridized carbons (Fsp3) is 0.467. The normalized spacial score (nSPS) is 11.2. The molecule has 1 amide bonds. The standard InChI is InChI=1S/C15H18F3NO4/c1-10(20)11-3-4-13(22-2)12(7-11)8-14(21)19-5-6-23-9-15(16,17)18/h3-4,7H,5-6,8-9H2,1-2H3,(H,19,21). The fourth-order valence-electron chi connectivity index (χ4n) is 1.82. The molecule has 0 aliphatic carbocycles. The lowest BCUT2D eigenvalue weighted by molar-refractivity contribution is -0.173. The third-order valence-electron chi connectivity index (χ3n) is 2.87. The maximum Gasteiger partial charge on any atom is 0.411 e. The SMILES string of the molecule is COc1ccc(C(C)=O)cc1CC(=O)NCCOCC(F)(F)F. The number of alkyl halides is 3. The van der Waals surface area contributed by atoms with Crippen molar-refractivity contribution >= 4 is 11.7 Å². The zero-order valence-electron chi connectivity index (χ0n) is 12.8. The topological polar surface area (TPSA) is 64.6 Å². The number of amides is 1. The lowest BCUT2D eigenvalue weighted by Gasteiger charge is -2.11. The molecule has 0 fully saturated rings. The molecule has 8 heteroatoms. The summed E-state index contributed by atoms with van der Waals surface area (Å²) in [6, 6.07) is 4.74. The number of ketones is 1. The first-order valence-electron chi connectivity index (χ1n) is 6.82. The number of nitrogens with one attached hydrogen (secondary N) is 1. The second-order valence-corrected chi connectivity index (χ2v) is 4.78. The van der Waals surface area contributed by atoms with Gasteiger partial charge >= 0.3 is 6.18 Å². The molecule has 0 spiro atoms. The van der Waals surface area contributed by atoms with Gasteiger partial charge in [-0.3, -0.25) is 9.59 Å². The molecule has 0 unspecified atom stereocenters. The number of rotatable bonds is 8. The van der Waals surface area contributed by atoms with Crippen molar-refractivity contribution in [2.75, 3.05) is 26.9 Å². The van der Waals surface area contributed by atoms with Gasteiger partial charge in [0.2, 0.25) is 5.91 Å². The second kappa shape index (κ2) is 8.52. The summed E-state index contributed by atoms with van der Waals surface area (Å²) in [5.74, 6) is -0.0899. The van der Waals surface area contributed by atoms with Crippen LogP contribution in [-0.4, -0.2) is 44.7 Å². The summed E-state index contributed by atoms with van der Waals surface area (Å²) in [7, 11) is 1.44. The van der Waals surface area contributed by atoms with Gasteiger partial charge in [0.1, 0.15) is 12.4 Å². The molecule has 0 saturated heterocycles. The van der Waals surface area contributed by atoms with E-state index in [2.05, 4.69) is 10.1 Å². The van der Waals surface area contributed by atoms with Crippen LogP contribution < -0.4 is 10.1 Å². The molecule has 5 nitrogen and oxygen atoms in total. The molecular weight excluding hydrogens is 315 g/mol. The van der Waals surface area contributed by atoms with E-state index in [-0.39, 0.29) is 25.4 Å². The minimum atomic E-state index is -4.38. The van der Waals surface area contributed by atoms with E-state index in [9.17, 15) is 22.8 Å². The average molecular weight is 333 g/mol. The van der Waals surface area contributed by atoms with Crippen molar-refractivity contribution in [3.05, 3.63) is 29.3 Å². The van der Waals surface area contributed by atoms with E-state index in [4.69, 9.17) is 4.74 Å². The van der Waals surface area contributed by atoms with Crippen molar-refractivity contribution in [3.63, 3.8) is 0 Å². The third-order valence-corrected chi connectivity index (χ3v) is 2.87. The van der Waals surface area contributed by atoms with Gasteiger partial charge in [-0.15, -0.1) is 0 Å². The molecule has 0 aliphatic rings. The predicted molar refractivity (Wildman–Crippen MR) is 76.6 cm³/mol. The Morgan fingerprint density at radius 3 is 2.52 bits per heavy atom. The Balaban J connectivity index is 2.50. The van der Waals surface area contributed by atoms with Gasteiger partial charge in [-0.1, -0.05) is 0 Å². The molecule has 1 aromatic carbocycles. The van der Waals surface area contributed by atoms with Crippen molar-refractivity contribution in [2.45, 2.75) is 19.5 Å². The van der Waals surface area contributed by atoms with Gasteiger partial charge in [0.05, 0.1) is 20.1 Å². The quantitative estimate of drug-likeness (QED) is 0.585. The van der Waals surface area contributed by atoms with E-state index >= 15 is 0 Å². The number of benzene rings is 1. The maximum absolute atomic E-state index is 11.9. The van der Waals surface area contributed by atoms with Gasteiger partial charge in [-0.2, -0.15) is 13.2 Å². The number of Topliss-reactive ketones (excluding diaryl/α,β-unsaturated/α-hetero) is 1. The molecule has 1 aromatic rings. The molecule has 0 bridgehead atoms.